The van der Waals surface area contributed by atoms with E-state index in [9.17, 15) is 0 Å². The summed E-state index contributed by atoms with van der Waals surface area (Å²) in [6, 6.07) is 8.32. The first-order chi connectivity index (χ1) is 13.8. The van der Waals surface area contributed by atoms with Crippen LogP contribution in [0.2, 0.25) is 0 Å². The number of hydrogen-bond donors (Lipinski definition) is 2. The summed E-state index contributed by atoms with van der Waals surface area (Å²) in [5.41, 5.74) is 1.46. The van der Waals surface area contributed by atoms with Crippen LogP contribution in [-0.2, 0) is 11.2 Å². The van der Waals surface area contributed by atoms with E-state index in [1.165, 1.54) is 31.5 Å². The summed E-state index contributed by atoms with van der Waals surface area (Å²) in [5.74, 6) is 1.92. The first kappa shape index (κ1) is 19.5. The monoisotopic (exact) mass is 386 g/mol. The molecule has 0 saturated carbocycles. The average Bonchev–Trinajstić information content (AvgIpc) is 3.40. The molecule has 0 bridgehead atoms. The van der Waals surface area contributed by atoms with Crippen molar-refractivity contribution in [3.8, 4) is 5.75 Å². The smallest absolute Gasteiger partial charge is 0.191 e. The molecule has 4 rings (SSSR count). The largest absolute Gasteiger partial charge is 0.488 e. The maximum Gasteiger partial charge on any atom is 0.191 e. The third-order valence-electron chi connectivity index (χ3n) is 6.29. The van der Waals surface area contributed by atoms with E-state index in [-0.39, 0.29) is 11.6 Å². The van der Waals surface area contributed by atoms with Crippen LogP contribution >= 0.6 is 0 Å². The van der Waals surface area contributed by atoms with Gasteiger partial charge in [-0.15, -0.1) is 0 Å². The van der Waals surface area contributed by atoms with Crippen molar-refractivity contribution in [3.05, 3.63) is 29.8 Å². The van der Waals surface area contributed by atoms with Gasteiger partial charge in [0.2, 0.25) is 0 Å². The third-order valence-corrected chi connectivity index (χ3v) is 6.29. The summed E-state index contributed by atoms with van der Waals surface area (Å²) >= 11 is 0. The van der Waals surface area contributed by atoms with Gasteiger partial charge in [-0.3, -0.25) is 9.89 Å². The van der Waals surface area contributed by atoms with Crippen molar-refractivity contribution in [2.24, 2.45) is 4.99 Å². The molecule has 1 aromatic rings. The molecule has 154 valence electrons. The standard InChI is InChI=1S/C22H34N4O2/c1-2-23-21(24-16-19-15-18-7-3-4-8-20(18)28-19)25-17-22(9-13-27-14-10-22)26-11-5-6-12-26/h3-4,7-8,19H,2,5-6,9-17H2,1H3,(H2,23,24,25). The van der Waals surface area contributed by atoms with Crippen molar-refractivity contribution in [2.45, 2.75) is 50.7 Å². The van der Waals surface area contributed by atoms with Gasteiger partial charge >= 0.3 is 0 Å². The van der Waals surface area contributed by atoms with E-state index in [2.05, 4.69) is 40.7 Å². The van der Waals surface area contributed by atoms with E-state index in [1.54, 1.807) is 0 Å². The lowest BCUT2D eigenvalue weighted by Gasteiger charge is -2.43. The molecule has 0 radical (unpaired) electrons. The molecule has 3 aliphatic rings. The van der Waals surface area contributed by atoms with Gasteiger partial charge in [-0.2, -0.15) is 0 Å². The predicted octanol–water partition coefficient (Wildman–Crippen LogP) is 2.19. The van der Waals surface area contributed by atoms with E-state index in [0.717, 1.165) is 63.8 Å². The van der Waals surface area contributed by atoms with Gasteiger partial charge in [0.25, 0.3) is 0 Å². The highest BCUT2D eigenvalue weighted by atomic mass is 16.5. The first-order valence-electron chi connectivity index (χ1n) is 10.9. The van der Waals surface area contributed by atoms with Gasteiger partial charge in [-0.25, -0.2) is 0 Å². The molecule has 1 atom stereocenters. The number of para-hydroxylation sites is 1. The number of fused-ring (bicyclic) bond motifs is 1. The Morgan fingerprint density at radius 1 is 1.18 bits per heavy atom. The minimum absolute atomic E-state index is 0.164. The Kier molecular flexibility index (Phi) is 6.37. The van der Waals surface area contributed by atoms with Crippen LogP contribution in [0.4, 0.5) is 0 Å². The quantitative estimate of drug-likeness (QED) is 0.580. The van der Waals surface area contributed by atoms with Gasteiger partial charge in [0, 0.05) is 31.7 Å². The molecule has 3 heterocycles. The number of nitrogens with zero attached hydrogens (tertiary/aromatic N) is 2. The minimum atomic E-state index is 0.164. The molecule has 1 aromatic carbocycles. The second-order valence-electron chi connectivity index (χ2n) is 8.16. The van der Waals surface area contributed by atoms with E-state index in [1.807, 2.05) is 6.07 Å². The average molecular weight is 387 g/mol. The van der Waals surface area contributed by atoms with Crippen LogP contribution < -0.4 is 15.4 Å². The molecular formula is C22H34N4O2. The number of nitrogens with one attached hydrogen (secondary N) is 2. The Morgan fingerprint density at radius 3 is 2.71 bits per heavy atom. The van der Waals surface area contributed by atoms with Gasteiger partial charge in [0.05, 0.1) is 13.1 Å². The van der Waals surface area contributed by atoms with Crippen LogP contribution in [0.3, 0.4) is 0 Å². The van der Waals surface area contributed by atoms with Crippen molar-refractivity contribution in [1.82, 2.24) is 15.5 Å². The topological polar surface area (TPSA) is 58.1 Å². The Balaban J connectivity index is 1.37. The normalized spacial score (nSPS) is 24.6. The van der Waals surface area contributed by atoms with E-state index >= 15 is 0 Å². The molecule has 6 heteroatoms. The van der Waals surface area contributed by atoms with Crippen LogP contribution in [0.15, 0.2) is 29.3 Å². The molecule has 6 nitrogen and oxygen atoms in total. The SMILES string of the molecule is CCNC(=NCC1(N2CCCC2)CCOCC1)NCC1Cc2ccccc2O1. The van der Waals surface area contributed by atoms with Crippen LogP contribution in [0.1, 0.15) is 38.2 Å². The highest BCUT2D eigenvalue weighted by molar-refractivity contribution is 5.79. The zero-order valence-electron chi connectivity index (χ0n) is 17.1. The molecule has 2 fully saturated rings. The van der Waals surface area contributed by atoms with Crippen LogP contribution in [0, 0.1) is 0 Å². The van der Waals surface area contributed by atoms with Crippen LogP contribution in [0.25, 0.3) is 0 Å². The number of likely N-dealkylation sites (tertiary alicyclic amines) is 1. The zero-order chi connectivity index (χ0) is 19.2. The number of ether oxygens (including phenoxy) is 2. The Labute approximate surface area is 168 Å². The minimum Gasteiger partial charge on any atom is -0.488 e. The van der Waals surface area contributed by atoms with Crippen LogP contribution in [-0.4, -0.2) is 68.4 Å². The molecule has 28 heavy (non-hydrogen) atoms. The summed E-state index contributed by atoms with van der Waals surface area (Å²) in [7, 11) is 0. The molecule has 1 unspecified atom stereocenters. The maximum atomic E-state index is 6.06. The molecule has 3 aliphatic heterocycles. The van der Waals surface area contributed by atoms with Gasteiger partial charge in [0.1, 0.15) is 11.9 Å². The first-order valence-corrected chi connectivity index (χ1v) is 10.9. The Morgan fingerprint density at radius 2 is 1.96 bits per heavy atom. The predicted molar refractivity (Wildman–Crippen MR) is 112 cm³/mol. The Hall–Kier alpha value is -1.79. The number of benzene rings is 1. The second kappa shape index (κ2) is 9.14. The molecule has 2 N–H and O–H groups in total. The van der Waals surface area contributed by atoms with Crippen molar-refractivity contribution >= 4 is 5.96 Å². The van der Waals surface area contributed by atoms with Crippen molar-refractivity contribution in [3.63, 3.8) is 0 Å². The van der Waals surface area contributed by atoms with E-state index < -0.39 is 0 Å². The third kappa shape index (κ3) is 4.44. The number of hydrogen-bond acceptors (Lipinski definition) is 4. The van der Waals surface area contributed by atoms with Gasteiger partial charge in [0.15, 0.2) is 5.96 Å². The lowest BCUT2D eigenvalue weighted by molar-refractivity contribution is -0.0139. The summed E-state index contributed by atoms with van der Waals surface area (Å²) in [6.07, 6.45) is 5.90. The molecule has 0 aromatic heterocycles. The highest BCUT2D eigenvalue weighted by Gasteiger charge is 2.39. The van der Waals surface area contributed by atoms with Crippen LogP contribution in [0.5, 0.6) is 5.75 Å². The van der Waals surface area contributed by atoms with Gasteiger partial charge < -0.3 is 20.1 Å². The van der Waals surface area contributed by atoms with E-state index in [4.69, 9.17) is 14.5 Å². The summed E-state index contributed by atoms with van der Waals surface area (Å²) < 4.78 is 11.7. The maximum absolute atomic E-state index is 6.06. The molecular weight excluding hydrogens is 352 g/mol. The lowest BCUT2D eigenvalue weighted by Crippen LogP contribution is -2.54. The zero-order valence-corrected chi connectivity index (χ0v) is 17.1. The van der Waals surface area contributed by atoms with Crippen molar-refractivity contribution < 1.29 is 9.47 Å². The summed E-state index contributed by atoms with van der Waals surface area (Å²) in [5, 5.41) is 6.92. The highest BCUT2D eigenvalue weighted by Crippen LogP contribution is 2.32. The number of aliphatic imine (C=N–C) groups is 1. The number of rotatable bonds is 6. The summed E-state index contributed by atoms with van der Waals surface area (Å²) in [4.78, 5) is 7.67. The molecule has 0 amide bonds. The number of guanidine groups is 1. The lowest BCUT2D eigenvalue weighted by atomic mass is 9.88. The molecule has 2 saturated heterocycles. The van der Waals surface area contributed by atoms with Crippen molar-refractivity contribution in [1.29, 1.82) is 0 Å². The fourth-order valence-corrected chi connectivity index (χ4v) is 4.66. The fraction of sp³-hybridized carbons (Fsp3) is 0.682. The molecule has 0 spiro atoms. The van der Waals surface area contributed by atoms with Crippen molar-refractivity contribution in [2.75, 3.05) is 45.9 Å². The Bertz CT molecular complexity index is 641. The molecule has 0 aliphatic carbocycles. The van der Waals surface area contributed by atoms with Gasteiger partial charge in [-0.05, 0) is 57.3 Å². The fourth-order valence-electron chi connectivity index (χ4n) is 4.66. The van der Waals surface area contributed by atoms with E-state index in [0.29, 0.717) is 0 Å². The van der Waals surface area contributed by atoms with Gasteiger partial charge in [-0.1, -0.05) is 18.2 Å². The second-order valence-corrected chi connectivity index (χ2v) is 8.16. The summed E-state index contributed by atoms with van der Waals surface area (Å²) in [6.45, 7) is 8.68.